The van der Waals surface area contributed by atoms with E-state index < -0.39 is 0 Å². The van der Waals surface area contributed by atoms with Gasteiger partial charge in [0.15, 0.2) is 17.3 Å². The molecule has 0 aromatic heterocycles. The van der Waals surface area contributed by atoms with Crippen LogP contribution in [0, 0.1) is 0 Å². The maximum atomic E-state index is 13.4. The van der Waals surface area contributed by atoms with E-state index in [-0.39, 0.29) is 29.9 Å². The molecule has 4 rings (SSSR count). The lowest BCUT2D eigenvalue weighted by Crippen LogP contribution is -2.38. The van der Waals surface area contributed by atoms with E-state index in [1.165, 1.54) is 0 Å². The highest BCUT2D eigenvalue weighted by atomic mass is 16.5. The van der Waals surface area contributed by atoms with Crippen molar-refractivity contribution >= 4 is 11.7 Å². The molecule has 0 saturated heterocycles. The molecule has 2 aromatic carbocycles. The van der Waals surface area contributed by atoms with E-state index in [2.05, 4.69) is 12.2 Å². The molecule has 0 radical (unpaired) electrons. The lowest BCUT2D eigenvalue weighted by molar-refractivity contribution is -0.122. The number of ether oxygens (including phenoxy) is 3. The minimum absolute atomic E-state index is 0.0210. The Morgan fingerprint density at radius 1 is 0.969 bits per heavy atom. The number of allylic oxidation sites excluding steroid dienone is 2. The van der Waals surface area contributed by atoms with Gasteiger partial charge in [-0.2, -0.15) is 0 Å². The standard InChI is InChI=1S/C26H29NO5/c1-4-12-32-18-10-8-16(9-11-18)17-13-21-25(22(28)14-17)20(15-24(29)27-21)19-6-5-7-23(30-2)26(19)31-3/h5-11,17,20H,4,12-15H2,1-3H3,(H,27,29). The van der Waals surface area contributed by atoms with E-state index in [1.54, 1.807) is 14.2 Å². The van der Waals surface area contributed by atoms with Gasteiger partial charge in [-0.25, -0.2) is 0 Å². The van der Waals surface area contributed by atoms with Crippen LogP contribution < -0.4 is 19.5 Å². The summed E-state index contributed by atoms with van der Waals surface area (Å²) in [6, 6.07) is 13.5. The summed E-state index contributed by atoms with van der Waals surface area (Å²) in [5, 5.41) is 2.98. The van der Waals surface area contributed by atoms with Crippen molar-refractivity contribution in [3.8, 4) is 17.2 Å². The molecule has 1 amide bonds. The van der Waals surface area contributed by atoms with Crippen LogP contribution >= 0.6 is 0 Å². The summed E-state index contributed by atoms with van der Waals surface area (Å²) in [6.45, 7) is 2.75. The number of methoxy groups -OCH3 is 2. The smallest absolute Gasteiger partial charge is 0.225 e. The fraction of sp³-hybridized carbons (Fsp3) is 0.385. The molecule has 32 heavy (non-hydrogen) atoms. The van der Waals surface area contributed by atoms with Crippen LogP contribution in [0.4, 0.5) is 0 Å². The lowest BCUT2D eigenvalue weighted by Gasteiger charge is -2.35. The van der Waals surface area contributed by atoms with E-state index in [1.807, 2.05) is 42.5 Å². The molecule has 168 valence electrons. The Bertz CT molecular complexity index is 1040. The summed E-state index contributed by atoms with van der Waals surface area (Å²) in [7, 11) is 3.15. The number of rotatable bonds is 7. The number of benzene rings is 2. The van der Waals surface area contributed by atoms with Gasteiger partial charge in [-0.1, -0.05) is 31.2 Å². The summed E-state index contributed by atoms with van der Waals surface area (Å²) in [6.07, 6.45) is 2.19. The maximum Gasteiger partial charge on any atom is 0.225 e. The highest BCUT2D eigenvalue weighted by Gasteiger charge is 2.39. The van der Waals surface area contributed by atoms with Gasteiger partial charge in [0.1, 0.15) is 5.75 Å². The third-order valence-electron chi connectivity index (χ3n) is 6.17. The van der Waals surface area contributed by atoms with Gasteiger partial charge >= 0.3 is 0 Å². The monoisotopic (exact) mass is 435 g/mol. The first kappa shape index (κ1) is 21.9. The first-order chi connectivity index (χ1) is 15.5. The molecule has 1 aliphatic heterocycles. The van der Waals surface area contributed by atoms with Crippen LogP contribution in [0.5, 0.6) is 17.2 Å². The Morgan fingerprint density at radius 3 is 2.44 bits per heavy atom. The molecule has 1 aliphatic carbocycles. The molecule has 2 atom stereocenters. The highest BCUT2D eigenvalue weighted by molar-refractivity contribution is 6.02. The topological polar surface area (TPSA) is 73.9 Å². The molecular formula is C26H29NO5. The Morgan fingerprint density at radius 2 is 1.75 bits per heavy atom. The number of amides is 1. The molecule has 6 heteroatoms. The van der Waals surface area contributed by atoms with Crippen molar-refractivity contribution in [3.05, 3.63) is 64.9 Å². The number of para-hydroxylation sites is 1. The van der Waals surface area contributed by atoms with Crippen LogP contribution in [0.15, 0.2) is 53.7 Å². The quantitative estimate of drug-likeness (QED) is 0.693. The van der Waals surface area contributed by atoms with Crippen LogP contribution in [-0.4, -0.2) is 32.5 Å². The first-order valence-corrected chi connectivity index (χ1v) is 11.0. The molecule has 0 saturated carbocycles. The van der Waals surface area contributed by atoms with Gasteiger partial charge in [0.05, 0.1) is 20.8 Å². The Hall–Kier alpha value is -3.28. The number of carbonyl (C=O) groups is 2. The van der Waals surface area contributed by atoms with Crippen molar-refractivity contribution in [2.75, 3.05) is 20.8 Å². The van der Waals surface area contributed by atoms with Crippen molar-refractivity contribution in [3.63, 3.8) is 0 Å². The van der Waals surface area contributed by atoms with Gasteiger partial charge in [0.25, 0.3) is 0 Å². The van der Waals surface area contributed by atoms with Crippen molar-refractivity contribution in [1.29, 1.82) is 0 Å². The van der Waals surface area contributed by atoms with Gasteiger partial charge in [-0.15, -0.1) is 0 Å². The van der Waals surface area contributed by atoms with E-state index >= 15 is 0 Å². The zero-order valence-corrected chi connectivity index (χ0v) is 18.8. The van der Waals surface area contributed by atoms with Crippen molar-refractivity contribution in [2.24, 2.45) is 0 Å². The van der Waals surface area contributed by atoms with Gasteiger partial charge < -0.3 is 19.5 Å². The first-order valence-electron chi connectivity index (χ1n) is 11.0. The van der Waals surface area contributed by atoms with E-state index in [4.69, 9.17) is 14.2 Å². The highest BCUT2D eigenvalue weighted by Crippen LogP contribution is 2.46. The molecule has 1 heterocycles. The largest absolute Gasteiger partial charge is 0.494 e. The molecule has 2 unspecified atom stereocenters. The van der Waals surface area contributed by atoms with Crippen LogP contribution in [0.2, 0.25) is 0 Å². The summed E-state index contributed by atoms with van der Waals surface area (Å²) in [5.41, 5.74) is 3.29. The Labute approximate surface area is 188 Å². The van der Waals surface area contributed by atoms with Crippen LogP contribution in [0.1, 0.15) is 55.6 Å². The minimum atomic E-state index is -0.345. The van der Waals surface area contributed by atoms with Gasteiger partial charge in [0.2, 0.25) is 5.91 Å². The van der Waals surface area contributed by atoms with Gasteiger partial charge in [-0.3, -0.25) is 9.59 Å². The van der Waals surface area contributed by atoms with Gasteiger partial charge in [-0.05, 0) is 42.5 Å². The summed E-state index contributed by atoms with van der Waals surface area (Å²) >= 11 is 0. The molecule has 0 bridgehead atoms. The SMILES string of the molecule is CCCOc1ccc(C2CC(=O)C3=C(C2)NC(=O)CC3c2cccc(OC)c2OC)cc1. The predicted octanol–water partition coefficient (Wildman–Crippen LogP) is 4.50. The molecule has 2 aliphatic rings. The number of ketones is 1. The maximum absolute atomic E-state index is 13.4. The van der Waals surface area contributed by atoms with E-state index in [0.29, 0.717) is 36.5 Å². The number of carbonyl (C=O) groups excluding carboxylic acids is 2. The second-order valence-electron chi connectivity index (χ2n) is 8.23. The molecule has 0 spiro atoms. The Balaban J connectivity index is 1.65. The summed E-state index contributed by atoms with van der Waals surface area (Å²) in [5.74, 6) is 1.64. The zero-order valence-electron chi connectivity index (χ0n) is 18.8. The van der Waals surface area contributed by atoms with Crippen LogP contribution in [0.25, 0.3) is 0 Å². The average molecular weight is 436 g/mol. The third kappa shape index (κ3) is 4.22. The van der Waals surface area contributed by atoms with Crippen molar-refractivity contribution < 1.29 is 23.8 Å². The minimum Gasteiger partial charge on any atom is -0.494 e. The fourth-order valence-electron chi connectivity index (χ4n) is 4.70. The molecule has 0 fully saturated rings. The molecular weight excluding hydrogens is 406 g/mol. The summed E-state index contributed by atoms with van der Waals surface area (Å²) in [4.78, 5) is 26.0. The molecule has 1 N–H and O–H groups in total. The third-order valence-corrected chi connectivity index (χ3v) is 6.17. The number of nitrogens with one attached hydrogen (secondary N) is 1. The number of hydrogen-bond acceptors (Lipinski definition) is 5. The van der Waals surface area contributed by atoms with E-state index in [9.17, 15) is 9.59 Å². The van der Waals surface area contributed by atoms with Crippen LogP contribution in [0.3, 0.4) is 0 Å². The van der Waals surface area contributed by atoms with Gasteiger partial charge in [0, 0.05) is 35.6 Å². The Kier molecular flexibility index (Phi) is 6.49. The number of hydrogen-bond donors (Lipinski definition) is 1. The molecule has 6 nitrogen and oxygen atoms in total. The number of Topliss-reactive ketones (excluding diaryl/α,β-unsaturated/α-hetero) is 1. The molecule has 2 aromatic rings. The normalized spacial score (nSPS) is 20.5. The summed E-state index contributed by atoms with van der Waals surface area (Å²) < 4.78 is 16.7. The second-order valence-corrected chi connectivity index (χ2v) is 8.23. The van der Waals surface area contributed by atoms with Crippen molar-refractivity contribution in [1.82, 2.24) is 5.32 Å². The lowest BCUT2D eigenvalue weighted by atomic mass is 9.73. The van der Waals surface area contributed by atoms with Crippen molar-refractivity contribution in [2.45, 2.75) is 44.4 Å². The fourth-order valence-corrected chi connectivity index (χ4v) is 4.70. The predicted molar refractivity (Wildman–Crippen MR) is 121 cm³/mol. The van der Waals surface area contributed by atoms with E-state index in [0.717, 1.165) is 29.0 Å². The zero-order chi connectivity index (χ0) is 22.7. The second kappa shape index (κ2) is 9.47. The van der Waals surface area contributed by atoms with Crippen LogP contribution in [-0.2, 0) is 9.59 Å². The average Bonchev–Trinajstić information content (AvgIpc) is 2.81.